The Bertz CT molecular complexity index is 674. The lowest BCUT2D eigenvalue weighted by Crippen LogP contribution is -2.64. The highest BCUT2D eigenvalue weighted by Crippen LogP contribution is 2.25. The Labute approximate surface area is 160 Å². The van der Waals surface area contributed by atoms with Crippen LogP contribution in [0, 0.1) is 0 Å². The van der Waals surface area contributed by atoms with Gasteiger partial charge in [0.05, 0.1) is 0 Å². The van der Waals surface area contributed by atoms with Gasteiger partial charge >= 0.3 is 23.9 Å². The number of esters is 3. The van der Waals surface area contributed by atoms with Gasteiger partial charge in [0.15, 0.2) is 18.3 Å². The molecule has 156 valence electrons. The van der Waals surface area contributed by atoms with Gasteiger partial charge in [0, 0.05) is 34.6 Å². The van der Waals surface area contributed by atoms with Crippen LogP contribution in [0.25, 0.3) is 0 Å². The summed E-state index contributed by atoms with van der Waals surface area (Å²) < 4.78 is 20.8. The second-order valence-electron chi connectivity index (χ2n) is 5.80. The molecule has 0 aromatic rings. The molecule has 0 aliphatic carbocycles. The highest BCUT2D eigenvalue weighted by Gasteiger charge is 2.50. The Kier molecular flexibility index (Phi) is 8.35. The van der Waals surface area contributed by atoms with Gasteiger partial charge in [-0.2, -0.15) is 0 Å². The molecule has 1 unspecified atom stereocenters. The van der Waals surface area contributed by atoms with Gasteiger partial charge in [0.25, 0.3) is 5.90 Å². The second-order valence-corrected chi connectivity index (χ2v) is 5.80. The molecule has 0 aromatic heterocycles. The van der Waals surface area contributed by atoms with Crippen molar-refractivity contribution in [1.29, 1.82) is 0 Å². The number of rotatable bonds is 6. The van der Waals surface area contributed by atoms with Gasteiger partial charge in [0.2, 0.25) is 5.91 Å². The molecule has 12 heteroatoms. The molecule has 1 N–H and O–H groups in total. The molecule has 0 aromatic carbocycles. The lowest BCUT2D eigenvalue weighted by molar-refractivity contribution is -0.186. The van der Waals surface area contributed by atoms with Crippen molar-refractivity contribution in [2.45, 2.75) is 59.0 Å². The topological polar surface area (TPSA) is 156 Å². The highest BCUT2D eigenvalue weighted by molar-refractivity contribution is 5.89. The summed E-state index contributed by atoms with van der Waals surface area (Å²) in [4.78, 5) is 61.5. The van der Waals surface area contributed by atoms with Crippen molar-refractivity contribution in [2.75, 3.05) is 6.61 Å². The first kappa shape index (κ1) is 22.9. The highest BCUT2D eigenvalue weighted by atomic mass is 16.7. The van der Waals surface area contributed by atoms with E-state index >= 15 is 0 Å². The summed E-state index contributed by atoms with van der Waals surface area (Å²) in [5.41, 5.74) is 0. The SMILES string of the molecule is CC(=O)N[C@@H]1C(=NOC(C)=O)OC(COC(C)=O)[C@H](OC(C)=O)[C@@H]1OC(C)=O. The average molecular weight is 402 g/mol. The predicted molar refractivity (Wildman–Crippen MR) is 89.4 cm³/mol. The van der Waals surface area contributed by atoms with Crippen molar-refractivity contribution in [2.24, 2.45) is 5.16 Å². The molecule has 0 radical (unpaired) electrons. The molecule has 4 atom stereocenters. The molecular formula is C16H22N2O10. The van der Waals surface area contributed by atoms with E-state index in [1.165, 1.54) is 6.92 Å². The minimum Gasteiger partial charge on any atom is -0.466 e. The number of hydrogen-bond donors (Lipinski definition) is 1. The number of amides is 1. The Morgan fingerprint density at radius 2 is 1.46 bits per heavy atom. The van der Waals surface area contributed by atoms with Crippen molar-refractivity contribution in [3.8, 4) is 0 Å². The van der Waals surface area contributed by atoms with Gasteiger partial charge in [-0.05, 0) is 5.16 Å². The smallest absolute Gasteiger partial charge is 0.332 e. The summed E-state index contributed by atoms with van der Waals surface area (Å²) >= 11 is 0. The summed E-state index contributed by atoms with van der Waals surface area (Å²) in [6, 6.07) is -1.24. The molecule has 28 heavy (non-hydrogen) atoms. The van der Waals surface area contributed by atoms with Crippen LogP contribution < -0.4 is 5.32 Å². The zero-order valence-corrected chi connectivity index (χ0v) is 16.0. The molecule has 1 rings (SSSR count). The molecule has 1 fully saturated rings. The quantitative estimate of drug-likeness (QED) is 0.258. The van der Waals surface area contributed by atoms with Crippen LogP contribution in [0.3, 0.4) is 0 Å². The number of oxime groups is 1. The van der Waals surface area contributed by atoms with Gasteiger partial charge in [-0.1, -0.05) is 0 Å². The van der Waals surface area contributed by atoms with Crippen molar-refractivity contribution in [3.63, 3.8) is 0 Å². The first-order valence-corrected chi connectivity index (χ1v) is 8.18. The minimum absolute atomic E-state index is 0.336. The largest absolute Gasteiger partial charge is 0.466 e. The molecule has 1 amide bonds. The molecule has 1 heterocycles. The van der Waals surface area contributed by atoms with E-state index in [0.29, 0.717) is 0 Å². The summed E-state index contributed by atoms with van der Waals surface area (Å²) in [6.45, 7) is 5.25. The number of nitrogens with one attached hydrogen (secondary N) is 1. The van der Waals surface area contributed by atoms with Crippen molar-refractivity contribution in [1.82, 2.24) is 5.32 Å². The van der Waals surface area contributed by atoms with Crippen molar-refractivity contribution in [3.05, 3.63) is 0 Å². The predicted octanol–water partition coefficient (Wildman–Crippen LogP) is -0.807. The normalized spacial score (nSPS) is 25.1. The molecule has 0 saturated carbocycles. The van der Waals surface area contributed by atoms with Gasteiger partial charge in [-0.15, -0.1) is 0 Å². The van der Waals surface area contributed by atoms with E-state index in [0.717, 1.165) is 27.7 Å². The maximum atomic E-state index is 11.6. The summed E-state index contributed by atoms with van der Waals surface area (Å²) in [6.07, 6.45) is -3.71. The first-order valence-electron chi connectivity index (χ1n) is 8.18. The average Bonchev–Trinajstić information content (AvgIpc) is 2.54. The summed E-state index contributed by atoms with van der Waals surface area (Å²) in [5.74, 6) is -3.80. The maximum Gasteiger partial charge on any atom is 0.332 e. The minimum atomic E-state index is -1.30. The van der Waals surface area contributed by atoms with Crippen molar-refractivity contribution >= 4 is 35.7 Å². The molecule has 0 spiro atoms. The van der Waals surface area contributed by atoms with Crippen LogP contribution in [0.2, 0.25) is 0 Å². The number of nitrogens with zero attached hydrogens (tertiary/aromatic N) is 1. The van der Waals surface area contributed by atoms with E-state index < -0.39 is 60.7 Å². The fourth-order valence-corrected chi connectivity index (χ4v) is 2.38. The Balaban J connectivity index is 3.37. The van der Waals surface area contributed by atoms with Crippen molar-refractivity contribution < 1.29 is 47.8 Å². The zero-order valence-electron chi connectivity index (χ0n) is 16.0. The van der Waals surface area contributed by atoms with Gasteiger partial charge in [-0.25, -0.2) is 4.79 Å². The van der Waals surface area contributed by atoms with Gasteiger partial charge in [-0.3, -0.25) is 19.2 Å². The van der Waals surface area contributed by atoms with E-state index in [4.69, 9.17) is 18.9 Å². The van der Waals surface area contributed by atoms with E-state index in [1.54, 1.807) is 0 Å². The van der Waals surface area contributed by atoms with Crippen LogP contribution in [0.5, 0.6) is 0 Å². The van der Waals surface area contributed by atoms with Crippen LogP contribution in [0.1, 0.15) is 34.6 Å². The molecule has 1 aliphatic rings. The Morgan fingerprint density at radius 3 is 1.93 bits per heavy atom. The zero-order chi connectivity index (χ0) is 21.4. The fraction of sp³-hybridized carbons (Fsp3) is 0.625. The number of hydrogen-bond acceptors (Lipinski definition) is 11. The van der Waals surface area contributed by atoms with E-state index in [1.807, 2.05) is 0 Å². The summed E-state index contributed by atoms with van der Waals surface area (Å²) in [7, 11) is 0. The van der Waals surface area contributed by atoms with Crippen LogP contribution in [-0.2, 0) is 47.8 Å². The maximum absolute atomic E-state index is 11.6. The third-order valence-corrected chi connectivity index (χ3v) is 3.23. The van der Waals surface area contributed by atoms with E-state index in [2.05, 4.69) is 15.3 Å². The van der Waals surface area contributed by atoms with Crippen LogP contribution >= 0.6 is 0 Å². The van der Waals surface area contributed by atoms with Crippen LogP contribution in [0.15, 0.2) is 5.16 Å². The lowest BCUT2D eigenvalue weighted by atomic mass is 9.96. The molecule has 1 saturated heterocycles. The van der Waals surface area contributed by atoms with Crippen LogP contribution in [0.4, 0.5) is 0 Å². The lowest BCUT2D eigenvalue weighted by Gasteiger charge is -2.41. The Hall–Kier alpha value is -3.18. The molecule has 1 aliphatic heterocycles. The fourth-order valence-electron chi connectivity index (χ4n) is 2.38. The summed E-state index contributed by atoms with van der Waals surface area (Å²) in [5, 5.41) is 5.96. The monoisotopic (exact) mass is 402 g/mol. The number of carbonyl (C=O) groups excluding carboxylic acids is 5. The molecule has 12 nitrogen and oxygen atoms in total. The first-order chi connectivity index (χ1) is 13.0. The third-order valence-electron chi connectivity index (χ3n) is 3.23. The van der Waals surface area contributed by atoms with Gasteiger partial charge < -0.3 is 29.1 Å². The number of ether oxygens (including phenoxy) is 4. The van der Waals surface area contributed by atoms with Gasteiger partial charge in [0.1, 0.15) is 12.6 Å². The Morgan fingerprint density at radius 1 is 0.893 bits per heavy atom. The van der Waals surface area contributed by atoms with Crippen LogP contribution in [-0.4, -0.2) is 66.6 Å². The third kappa shape index (κ3) is 7.21. The van der Waals surface area contributed by atoms with E-state index in [9.17, 15) is 24.0 Å². The molecular weight excluding hydrogens is 380 g/mol. The standard InChI is InChI=1S/C16H22N2O10/c1-7(19)17-13-15(26-10(4)22)14(25-9(3)21)12(6-24-8(2)20)27-16(13)18-28-11(5)23/h12-15H,6H2,1-5H3,(H,17,19)/t12?,13-,14-,15+/m0/s1. The van der Waals surface area contributed by atoms with E-state index in [-0.39, 0.29) is 5.90 Å². The number of carbonyl (C=O) groups is 5. The second kappa shape index (κ2) is 10.2. The molecule has 0 bridgehead atoms.